The van der Waals surface area contributed by atoms with Gasteiger partial charge in [0.15, 0.2) is 0 Å². The molecule has 0 aliphatic rings. The molecule has 0 aliphatic heterocycles. The normalized spacial score (nSPS) is 10.7. The van der Waals surface area contributed by atoms with Crippen molar-refractivity contribution in [2.45, 2.75) is 0 Å². The van der Waals surface area contributed by atoms with E-state index in [1.165, 1.54) is 10.9 Å². The third-order valence-electron chi connectivity index (χ3n) is 5.19. The van der Waals surface area contributed by atoms with Gasteiger partial charge in [-0.2, -0.15) is 15.3 Å². The first-order chi connectivity index (χ1) is 16.6. The first-order valence-electron chi connectivity index (χ1n) is 10.4. The predicted molar refractivity (Wildman–Crippen MR) is 126 cm³/mol. The number of aromatic nitrogens is 6. The van der Waals surface area contributed by atoms with Gasteiger partial charge in [-0.15, -0.1) is 0 Å². The minimum atomic E-state index is -0.439. The minimum Gasteiger partial charge on any atom is -0.322 e. The zero-order valence-electron chi connectivity index (χ0n) is 18.2. The molecule has 0 fully saturated rings. The molecule has 3 aromatic heterocycles. The lowest BCUT2D eigenvalue weighted by atomic mass is 10.2. The molecule has 10 heteroatoms. The summed E-state index contributed by atoms with van der Waals surface area (Å²) in [6.45, 7) is 0. The van der Waals surface area contributed by atoms with Gasteiger partial charge in [-0.1, -0.05) is 0 Å². The lowest BCUT2D eigenvalue weighted by Crippen LogP contribution is -2.22. The summed E-state index contributed by atoms with van der Waals surface area (Å²) in [6, 6.07) is 18.1. The molecule has 34 heavy (non-hydrogen) atoms. The van der Waals surface area contributed by atoms with Gasteiger partial charge in [-0.3, -0.25) is 14.3 Å². The second-order valence-corrected chi connectivity index (χ2v) is 7.43. The fraction of sp³-hybridized carbons (Fsp3) is 0.0417. The van der Waals surface area contributed by atoms with Gasteiger partial charge >= 0.3 is 0 Å². The molecule has 0 saturated carbocycles. The van der Waals surface area contributed by atoms with E-state index in [9.17, 15) is 9.59 Å². The Balaban J connectivity index is 1.30. The highest BCUT2D eigenvalue weighted by Gasteiger charge is 2.22. The van der Waals surface area contributed by atoms with Crippen molar-refractivity contribution < 1.29 is 9.59 Å². The van der Waals surface area contributed by atoms with Crippen molar-refractivity contribution in [3.8, 4) is 11.4 Å². The van der Waals surface area contributed by atoms with Gasteiger partial charge in [0.2, 0.25) is 0 Å². The Morgan fingerprint density at radius 3 is 1.68 bits per heavy atom. The van der Waals surface area contributed by atoms with Gasteiger partial charge in [0.05, 0.1) is 23.1 Å². The molecule has 10 nitrogen and oxygen atoms in total. The van der Waals surface area contributed by atoms with Gasteiger partial charge in [-0.05, 0) is 60.7 Å². The smallest absolute Gasteiger partial charge is 0.274 e. The summed E-state index contributed by atoms with van der Waals surface area (Å²) >= 11 is 0. The van der Waals surface area contributed by atoms with Crippen LogP contribution in [0.3, 0.4) is 0 Å². The zero-order valence-corrected chi connectivity index (χ0v) is 18.2. The summed E-state index contributed by atoms with van der Waals surface area (Å²) in [4.78, 5) is 25.9. The van der Waals surface area contributed by atoms with Gasteiger partial charge in [-0.25, -0.2) is 9.36 Å². The Morgan fingerprint density at radius 2 is 1.21 bits per heavy atom. The standard InChI is InChI=1S/C24H20N8O2/c1-30-22(24(34)29-18-6-10-20(11-7-18)32-15-3-13-26-32)21(16-27-30)23(33)28-17-4-8-19(9-5-17)31-14-2-12-25-31/h2-16H,1H3,(H,28,33)(H,29,34). The van der Waals surface area contributed by atoms with Crippen LogP contribution in [-0.2, 0) is 7.05 Å². The van der Waals surface area contributed by atoms with Crippen LogP contribution < -0.4 is 10.6 Å². The van der Waals surface area contributed by atoms with Crippen LogP contribution in [0.15, 0.2) is 91.6 Å². The molecule has 0 atom stereocenters. The van der Waals surface area contributed by atoms with E-state index in [1.807, 2.05) is 48.8 Å². The number of amides is 2. The molecule has 0 aliphatic carbocycles. The van der Waals surface area contributed by atoms with Crippen molar-refractivity contribution in [3.05, 3.63) is 103 Å². The number of carbonyl (C=O) groups excluding carboxylic acids is 2. The summed E-state index contributed by atoms with van der Waals surface area (Å²) < 4.78 is 4.82. The average molecular weight is 452 g/mol. The van der Waals surface area contributed by atoms with Crippen LogP contribution in [0.4, 0.5) is 11.4 Å². The second-order valence-electron chi connectivity index (χ2n) is 7.43. The van der Waals surface area contributed by atoms with Gasteiger partial charge in [0.1, 0.15) is 5.69 Å². The monoisotopic (exact) mass is 452 g/mol. The van der Waals surface area contributed by atoms with E-state index < -0.39 is 11.8 Å². The van der Waals surface area contributed by atoms with Crippen LogP contribution in [0, 0.1) is 0 Å². The van der Waals surface area contributed by atoms with Crippen molar-refractivity contribution in [3.63, 3.8) is 0 Å². The number of anilines is 2. The molecular weight excluding hydrogens is 432 g/mol. The molecule has 5 rings (SSSR count). The lowest BCUT2D eigenvalue weighted by molar-refractivity contribution is 0.0985. The molecule has 168 valence electrons. The van der Waals surface area contributed by atoms with E-state index in [0.29, 0.717) is 11.4 Å². The minimum absolute atomic E-state index is 0.154. The highest BCUT2D eigenvalue weighted by molar-refractivity contribution is 6.14. The molecular formula is C24H20N8O2. The zero-order chi connectivity index (χ0) is 23.5. The first-order valence-corrected chi connectivity index (χ1v) is 10.4. The predicted octanol–water partition coefficient (Wildman–Crippen LogP) is 3.30. The summed E-state index contributed by atoms with van der Waals surface area (Å²) in [7, 11) is 1.62. The number of hydrogen-bond acceptors (Lipinski definition) is 5. The second kappa shape index (κ2) is 8.87. The Hall–Kier alpha value is -4.99. The summed E-state index contributed by atoms with van der Waals surface area (Å²) in [5.74, 6) is -0.870. The molecule has 2 N–H and O–H groups in total. The molecule has 5 aromatic rings. The average Bonchev–Trinajstić information content (AvgIpc) is 3.62. The quantitative estimate of drug-likeness (QED) is 0.411. The maximum Gasteiger partial charge on any atom is 0.274 e. The number of hydrogen-bond donors (Lipinski definition) is 2. The Bertz CT molecular complexity index is 1420. The SMILES string of the molecule is Cn1ncc(C(=O)Nc2ccc(-n3cccn3)cc2)c1C(=O)Nc1ccc(-n2cccn2)cc1. The van der Waals surface area contributed by atoms with E-state index in [4.69, 9.17) is 0 Å². The Morgan fingerprint density at radius 1 is 0.706 bits per heavy atom. The maximum absolute atomic E-state index is 13.0. The van der Waals surface area contributed by atoms with E-state index in [0.717, 1.165) is 11.4 Å². The van der Waals surface area contributed by atoms with Gasteiger partial charge < -0.3 is 10.6 Å². The Kier molecular flexibility index (Phi) is 5.45. The number of aryl methyl sites for hydroxylation is 1. The van der Waals surface area contributed by atoms with Crippen molar-refractivity contribution in [2.24, 2.45) is 7.05 Å². The van der Waals surface area contributed by atoms with E-state index in [2.05, 4.69) is 25.9 Å². The number of nitrogens with one attached hydrogen (secondary N) is 2. The van der Waals surface area contributed by atoms with Crippen LogP contribution in [0.5, 0.6) is 0 Å². The fourth-order valence-corrected chi connectivity index (χ4v) is 3.50. The fourth-order valence-electron chi connectivity index (χ4n) is 3.50. The highest BCUT2D eigenvalue weighted by atomic mass is 16.2. The van der Waals surface area contributed by atoms with Crippen molar-refractivity contribution >= 4 is 23.2 Å². The van der Waals surface area contributed by atoms with Crippen LogP contribution >= 0.6 is 0 Å². The summed E-state index contributed by atoms with van der Waals surface area (Å²) in [5, 5.41) is 18.1. The number of rotatable bonds is 6. The molecule has 0 saturated heterocycles. The highest BCUT2D eigenvalue weighted by Crippen LogP contribution is 2.18. The number of nitrogens with zero attached hydrogens (tertiary/aromatic N) is 6. The molecule has 0 unspecified atom stereocenters. The van der Waals surface area contributed by atoms with Crippen LogP contribution in [0.1, 0.15) is 20.8 Å². The molecule has 2 aromatic carbocycles. The van der Waals surface area contributed by atoms with Crippen LogP contribution in [0.25, 0.3) is 11.4 Å². The van der Waals surface area contributed by atoms with Crippen LogP contribution in [-0.4, -0.2) is 41.2 Å². The van der Waals surface area contributed by atoms with Crippen molar-refractivity contribution in [2.75, 3.05) is 10.6 Å². The molecule has 0 bridgehead atoms. The first kappa shape index (κ1) is 20.9. The molecule has 3 heterocycles. The van der Waals surface area contributed by atoms with Crippen LogP contribution in [0.2, 0.25) is 0 Å². The van der Waals surface area contributed by atoms with E-state index in [-0.39, 0.29) is 11.3 Å². The van der Waals surface area contributed by atoms with Gasteiger partial charge in [0, 0.05) is 43.2 Å². The van der Waals surface area contributed by atoms with E-state index in [1.54, 1.807) is 53.1 Å². The molecule has 0 radical (unpaired) electrons. The number of benzene rings is 2. The molecule has 0 spiro atoms. The Labute approximate surface area is 194 Å². The van der Waals surface area contributed by atoms with Gasteiger partial charge in [0.25, 0.3) is 11.8 Å². The summed E-state index contributed by atoms with van der Waals surface area (Å²) in [6.07, 6.45) is 8.43. The lowest BCUT2D eigenvalue weighted by Gasteiger charge is -2.10. The van der Waals surface area contributed by atoms with Crippen molar-refractivity contribution in [1.29, 1.82) is 0 Å². The summed E-state index contributed by atoms with van der Waals surface area (Å²) in [5.41, 5.74) is 3.23. The van der Waals surface area contributed by atoms with E-state index >= 15 is 0 Å². The third-order valence-corrected chi connectivity index (χ3v) is 5.19. The van der Waals surface area contributed by atoms with Crippen molar-refractivity contribution in [1.82, 2.24) is 29.3 Å². The maximum atomic E-state index is 13.0. The third kappa shape index (κ3) is 4.19. The largest absolute Gasteiger partial charge is 0.322 e. The topological polar surface area (TPSA) is 112 Å². The number of carbonyl (C=O) groups is 2. The molecule has 2 amide bonds.